The van der Waals surface area contributed by atoms with Gasteiger partial charge in [-0.1, -0.05) is 5.10 Å². The summed E-state index contributed by atoms with van der Waals surface area (Å²) in [6.07, 6.45) is 3.00. The third-order valence-electron chi connectivity index (χ3n) is 1.53. The lowest BCUT2D eigenvalue weighted by molar-refractivity contribution is -0.345. The van der Waals surface area contributed by atoms with Crippen molar-refractivity contribution >= 4 is 57.3 Å². The number of hydrogen-bond acceptors (Lipinski definition) is 8. The molecule has 6 nitrogen and oxygen atoms in total. The molecule has 90 valence electrons. The van der Waals surface area contributed by atoms with Crippen molar-refractivity contribution < 1.29 is 9.29 Å². The average molecular weight is 306 g/mol. The molecule has 2 aromatic rings. The smallest absolute Gasteiger partial charge is 0.322 e. The van der Waals surface area contributed by atoms with Crippen LogP contribution in [0.2, 0.25) is 0 Å². The Kier molecular flexibility index (Phi) is 3.99. The van der Waals surface area contributed by atoms with Crippen LogP contribution in [0.3, 0.4) is 0 Å². The van der Waals surface area contributed by atoms with Gasteiger partial charge in [0.25, 0.3) is 5.00 Å². The molecule has 0 spiro atoms. The second-order valence-corrected chi connectivity index (χ2v) is 7.77. The summed E-state index contributed by atoms with van der Waals surface area (Å²) in [5.74, 6) is 0. The maximum Gasteiger partial charge on any atom is 0.322 e. The van der Waals surface area contributed by atoms with Gasteiger partial charge >= 0.3 is 4.34 Å². The first-order valence-corrected chi connectivity index (χ1v) is 8.15. The number of rotatable bonds is 4. The topological polar surface area (TPSA) is 87.8 Å². The standard InChI is InChI=1S/C7H6N4O2S4/c1-11(12)4-3-8-5(14-4)15-6-9-10-7(16-6)17(2)13/h3H,1H2,2H3. The predicted octanol–water partition coefficient (Wildman–Crippen LogP) is 1.73. The zero-order chi connectivity index (χ0) is 12.4. The van der Waals surface area contributed by atoms with Gasteiger partial charge in [0.2, 0.25) is 0 Å². The fourth-order valence-corrected chi connectivity index (χ4v) is 4.46. The van der Waals surface area contributed by atoms with Gasteiger partial charge in [0.1, 0.15) is 19.2 Å². The first kappa shape index (κ1) is 12.8. The van der Waals surface area contributed by atoms with E-state index in [9.17, 15) is 9.76 Å². The Hall–Kier alpha value is -0.680. The largest absolute Gasteiger partial charge is 0.618 e. The molecule has 0 amide bonds. The minimum absolute atomic E-state index is 0.427. The van der Waals surface area contributed by atoms with Crippen LogP contribution in [0, 0.1) is 5.21 Å². The van der Waals surface area contributed by atoms with E-state index in [1.54, 1.807) is 6.26 Å². The minimum Gasteiger partial charge on any atom is -0.618 e. The highest BCUT2D eigenvalue weighted by molar-refractivity contribution is 8.03. The molecule has 0 aliphatic rings. The molecule has 17 heavy (non-hydrogen) atoms. The molecule has 0 fully saturated rings. The van der Waals surface area contributed by atoms with Crippen LogP contribution in [0.5, 0.6) is 0 Å². The first-order chi connectivity index (χ1) is 8.06. The van der Waals surface area contributed by atoms with E-state index in [0.29, 0.717) is 22.8 Å². The van der Waals surface area contributed by atoms with Gasteiger partial charge in [-0.3, -0.25) is 0 Å². The van der Waals surface area contributed by atoms with Gasteiger partial charge in [-0.25, -0.2) is 4.98 Å². The molecule has 0 bridgehead atoms. The SMILES string of the molecule is C=[N+]([O-])c1cnc(Sc2nnc([S+](C)[O-])s2)s1. The lowest BCUT2D eigenvalue weighted by Crippen LogP contribution is -1.95. The van der Waals surface area contributed by atoms with Crippen LogP contribution in [0.25, 0.3) is 0 Å². The summed E-state index contributed by atoms with van der Waals surface area (Å²) in [4.78, 5) is 4.05. The quantitative estimate of drug-likeness (QED) is 0.281. The third kappa shape index (κ3) is 3.16. The van der Waals surface area contributed by atoms with E-state index in [0.717, 1.165) is 0 Å². The molecule has 0 saturated carbocycles. The second-order valence-electron chi connectivity index (χ2n) is 2.73. The van der Waals surface area contributed by atoms with E-state index in [2.05, 4.69) is 21.9 Å². The van der Waals surface area contributed by atoms with Crippen LogP contribution in [-0.2, 0) is 11.2 Å². The lowest BCUT2D eigenvalue weighted by Gasteiger charge is -1.94. The van der Waals surface area contributed by atoms with Crippen molar-refractivity contribution in [2.75, 3.05) is 6.26 Å². The Balaban J connectivity index is 2.11. The summed E-state index contributed by atoms with van der Waals surface area (Å²) in [6.45, 7) is 3.23. The van der Waals surface area contributed by atoms with E-state index < -0.39 is 11.2 Å². The normalized spacial score (nSPS) is 12.6. The van der Waals surface area contributed by atoms with Crippen LogP contribution in [0.1, 0.15) is 0 Å². The molecule has 10 heteroatoms. The van der Waals surface area contributed by atoms with Gasteiger partial charge in [0.15, 0.2) is 8.68 Å². The van der Waals surface area contributed by atoms with Gasteiger partial charge < -0.3 is 9.76 Å². The summed E-state index contributed by atoms with van der Waals surface area (Å²) < 4.78 is 13.5. The Morgan fingerprint density at radius 1 is 1.41 bits per heavy atom. The lowest BCUT2D eigenvalue weighted by atomic mass is 10.9. The molecule has 0 radical (unpaired) electrons. The molecule has 0 saturated heterocycles. The van der Waals surface area contributed by atoms with Crippen LogP contribution < -0.4 is 0 Å². The monoisotopic (exact) mass is 306 g/mol. The van der Waals surface area contributed by atoms with E-state index >= 15 is 0 Å². The molecule has 2 rings (SSSR count). The van der Waals surface area contributed by atoms with Crippen molar-refractivity contribution in [3.8, 4) is 0 Å². The van der Waals surface area contributed by atoms with Gasteiger partial charge in [0.05, 0.1) is 0 Å². The van der Waals surface area contributed by atoms with Crippen molar-refractivity contribution in [1.29, 1.82) is 0 Å². The molecule has 2 heterocycles. The van der Waals surface area contributed by atoms with Crippen LogP contribution >= 0.6 is 34.4 Å². The summed E-state index contributed by atoms with van der Waals surface area (Å²) in [7, 11) is 0. The van der Waals surface area contributed by atoms with Crippen molar-refractivity contribution in [2.45, 2.75) is 13.0 Å². The van der Waals surface area contributed by atoms with Crippen LogP contribution in [-0.4, -0.2) is 37.4 Å². The van der Waals surface area contributed by atoms with E-state index in [-0.39, 0.29) is 0 Å². The third-order valence-corrected chi connectivity index (χ3v) is 5.90. The molecule has 0 aromatic carbocycles. The van der Waals surface area contributed by atoms with Crippen molar-refractivity contribution in [3.05, 3.63) is 11.4 Å². The molecule has 0 aliphatic carbocycles. The van der Waals surface area contributed by atoms with Crippen LogP contribution in [0.15, 0.2) is 19.2 Å². The Morgan fingerprint density at radius 3 is 2.71 bits per heavy atom. The number of nitrogens with zero attached hydrogens (tertiary/aromatic N) is 4. The van der Waals surface area contributed by atoms with E-state index in [4.69, 9.17) is 0 Å². The van der Waals surface area contributed by atoms with Crippen molar-refractivity contribution in [2.24, 2.45) is 0 Å². The highest BCUT2D eigenvalue weighted by atomic mass is 32.2. The Labute approximate surface area is 112 Å². The summed E-state index contributed by atoms with van der Waals surface area (Å²) in [5.41, 5.74) is 0. The fraction of sp³-hybridized carbons (Fsp3) is 0.143. The highest BCUT2D eigenvalue weighted by Crippen LogP contribution is 2.35. The summed E-state index contributed by atoms with van der Waals surface area (Å²) in [6, 6.07) is 0. The van der Waals surface area contributed by atoms with Gasteiger partial charge in [0, 0.05) is 11.2 Å². The predicted molar refractivity (Wildman–Crippen MR) is 68.9 cm³/mol. The highest BCUT2D eigenvalue weighted by Gasteiger charge is 2.15. The molecule has 0 N–H and O–H groups in total. The average Bonchev–Trinajstić information content (AvgIpc) is 2.87. The molecular formula is C7H6N4O2S4. The Bertz CT molecular complexity index is 537. The second kappa shape index (κ2) is 5.31. The number of thiazole rings is 1. The van der Waals surface area contributed by atoms with Crippen molar-refractivity contribution in [1.82, 2.24) is 15.2 Å². The summed E-state index contributed by atoms with van der Waals surface area (Å²) >= 11 is 2.64. The van der Waals surface area contributed by atoms with Gasteiger partial charge in [-0.2, -0.15) is 4.74 Å². The van der Waals surface area contributed by atoms with Crippen molar-refractivity contribution in [3.63, 3.8) is 0 Å². The summed E-state index contributed by atoms with van der Waals surface area (Å²) in [5, 5.41) is 19.0. The zero-order valence-corrected chi connectivity index (χ0v) is 11.8. The van der Waals surface area contributed by atoms with Crippen LogP contribution in [0.4, 0.5) is 5.00 Å². The molecule has 1 atom stereocenters. The molecule has 2 aromatic heterocycles. The Morgan fingerprint density at radius 2 is 2.18 bits per heavy atom. The van der Waals surface area contributed by atoms with E-state index in [1.165, 1.54) is 40.6 Å². The van der Waals surface area contributed by atoms with E-state index in [1.807, 2.05) is 0 Å². The number of hydrogen-bond donors (Lipinski definition) is 0. The van der Waals surface area contributed by atoms with Gasteiger partial charge in [-0.15, -0.1) is 5.10 Å². The first-order valence-electron chi connectivity index (χ1n) is 4.14. The number of aromatic nitrogens is 3. The maximum absolute atomic E-state index is 11.1. The molecule has 1 unspecified atom stereocenters. The zero-order valence-electron chi connectivity index (χ0n) is 8.52. The fourth-order valence-electron chi connectivity index (χ4n) is 0.842. The minimum atomic E-state index is -1.12. The molecule has 0 aliphatic heterocycles. The van der Waals surface area contributed by atoms with Gasteiger partial charge in [-0.05, 0) is 34.4 Å². The maximum atomic E-state index is 11.1. The molecular weight excluding hydrogens is 300 g/mol.